The van der Waals surface area contributed by atoms with Crippen LogP contribution in [-0.4, -0.2) is 33.3 Å². The first kappa shape index (κ1) is 14.8. The molecule has 19 heavy (non-hydrogen) atoms. The van der Waals surface area contributed by atoms with Crippen LogP contribution in [0.5, 0.6) is 0 Å². The lowest BCUT2D eigenvalue weighted by Crippen LogP contribution is -2.49. The van der Waals surface area contributed by atoms with Crippen LogP contribution < -0.4 is 27.1 Å². The summed E-state index contributed by atoms with van der Waals surface area (Å²) in [5.41, 5.74) is 4.87. The van der Waals surface area contributed by atoms with Gasteiger partial charge in [0.25, 0.3) is 0 Å². The molecule has 0 atom stereocenters. The summed E-state index contributed by atoms with van der Waals surface area (Å²) in [4.78, 5) is 22.1. The maximum absolute atomic E-state index is 11.0. The molecule has 9 heteroatoms. The van der Waals surface area contributed by atoms with Crippen LogP contribution in [0.2, 0.25) is 0 Å². The molecule has 8 nitrogen and oxygen atoms in total. The average molecular weight is 266 g/mol. The van der Waals surface area contributed by atoms with E-state index in [9.17, 15) is 9.59 Å². The van der Waals surface area contributed by atoms with Crippen molar-refractivity contribution in [3.63, 3.8) is 0 Å². The number of urea groups is 2. The number of benzene rings is 1. The molecule has 0 radical (unpaired) electrons. The van der Waals surface area contributed by atoms with E-state index < -0.39 is 19.2 Å². The quantitative estimate of drug-likeness (QED) is 0.410. The van der Waals surface area contributed by atoms with Crippen molar-refractivity contribution in [3.8, 4) is 0 Å². The van der Waals surface area contributed by atoms with E-state index in [0.29, 0.717) is 5.46 Å². The molecule has 0 fully saturated rings. The zero-order chi connectivity index (χ0) is 14.1. The third-order valence-corrected chi connectivity index (χ3v) is 2.04. The van der Waals surface area contributed by atoms with Gasteiger partial charge in [0.15, 0.2) is 0 Å². The van der Waals surface area contributed by atoms with Crippen LogP contribution in [0.15, 0.2) is 30.3 Å². The number of amides is 4. The van der Waals surface area contributed by atoms with Crippen LogP contribution in [0.25, 0.3) is 0 Å². The van der Waals surface area contributed by atoms with Crippen LogP contribution >= 0.6 is 0 Å². The second-order valence-corrected chi connectivity index (χ2v) is 3.34. The number of nitrogens with one attached hydrogen (secondary N) is 4. The van der Waals surface area contributed by atoms with E-state index in [1.54, 1.807) is 24.3 Å². The summed E-state index contributed by atoms with van der Waals surface area (Å²) in [6.07, 6.45) is 0. The summed E-state index contributed by atoms with van der Waals surface area (Å²) >= 11 is 0. The highest BCUT2D eigenvalue weighted by Crippen LogP contribution is 1.90. The number of hydroxylamine groups is 2. The van der Waals surface area contributed by atoms with Gasteiger partial charge in [-0.2, -0.15) is 0 Å². The molecule has 0 aliphatic heterocycles. The molecule has 0 unspecified atom stereocenters. The van der Waals surface area contributed by atoms with E-state index in [1.165, 1.54) is 14.1 Å². The fourth-order valence-corrected chi connectivity index (χ4v) is 1.09. The largest absolute Gasteiger partial charge is 0.539 e. The third-order valence-electron chi connectivity index (χ3n) is 2.04. The van der Waals surface area contributed by atoms with Crippen molar-refractivity contribution in [2.24, 2.45) is 0 Å². The maximum Gasteiger partial charge on any atom is 0.539 e. The van der Waals surface area contributed by atoms with Crippen molar-refractivity contribution in [2.45, 2.75) is 0 Å². The zero-order valence-electron chi connectivity index (χ0n) is 10.6. The molecule has 4 N–H and O–H groups in total. The van der Waals surface area contributed by atoms with Crippen molar-refractivity contribution in [3.05, 3.63) is 30.3 Å². The highest BCUT2D eigenvalue weighted by atomic mass is 16.8. The molecule has 0 saturated carbocycles. The van der Waals surface area contributed by atoms with Gasteiger partial charge in [0.1, 0.15) is 0 Å². The molecular formula is C10H15BN4O4. The Morgan fingerprint density at radius 2 is 1.42 bits per heavy atom. The summed E-state index contributed by atoms with van der Waals surface area (Å²) in [6.45, 7) is 0. The van der Waals surface area contributed by atoms with Gasteiger partial charge in [-0.25, -0.2) is 20.5 Å². The molecule has 102 valence electrons. The zero-order valence-corrected chi connectivity index (χ0v) is 10.6. The van der Waals surface area contributed by atoms with Crippen LogP contribution in [0, 0.1) is 0 Å². The van der Waals surface area contributed by atoms with Gasteiger partial charge >= 0.3 is 19.2 Å². The second-order valence-electron chi connectivity index (χ2n) is 3.34. The Labute approximate surface area is 110 Å². The number of rotatable bonds is 5. The highest BCUT2D eigenvalue weighted by Gasteiger charge is 2.24. The van der Waals surface area contributed by atoms with Gasteiger partial charge in [0.2, 0.25) is 0 Å². The van der Waals surface area contributed by atoms with Crippen molar-refractivity contribution in [1.82, 2.24) is 21.6 Å². The van der Waals surface area contributed by atoms with Crippen molar-refractivity contribution >= 4 is 24.6 Å². The predicted octanol–water partition coefficient (Wildman–Crippen LogP) is -0.897. The second kappa shape index (κ2) is 7.95. The Kier molecular flexibility index (Phi) is 6.20. The van der Waals surface area contributed by atoms with Crippen LogP contribution in [0.3, 0.4) is 0 Å². The lowest BCUT2D eigenvalue weighted by Gasteiger charge is -2.14. The molecule has 1 aromatic carbocycles. The first-order valence-corrected chi connectivity index (χ1v) is 5.49. The Balaban J connectivity index is 2.62. The minimum absolute atomic E-state index is 0.538. The first-order chi connectivity index (χ1) is 9.17. The Morgan fingerprint density at radius 3 is 1.84 bits per heavy atom. The van der Waals surface area contributed by atoms with Gasteiger partial charge in [-0.1, -0.05) is 30.3 Å². The molecule has 0 aliphatic carbocycles. The molecular weight excluding hydrogens is 251 g/mol. The number of hydrogen-bond acceptors (Lipinski definition) is 4. The van der Waals surface area contributed by atoms with Gasteiger partial charge < -0.3 is 10.6 Å². The average Bonchev–Trinajstić information content (AvgIpc) is 2.47. The Hall–Kier alpha value is -2.26. The molecule has 0 saturated heterocycles. The Bertz CT molecular complexity index is 397. The Morgan fingerprint density at radius 1 is 0.947 bits per heavy atom. The predicted molar refractivity (Wildman–Crippen MR) is 69.2 cm³/mol. The first-order valence-electron chi connectivity index (χ1n) is 5.49. The van der Waals surface area contributed by atoms with E-state index in [1.807, 2.05) is 6.07 Å². The van der Waals surface area contributed by atoms with Crippen molar-refractivity contribution in [2.75, 3.05) is 14.1 Å². The topological polar surface area (TPSA) is 101 Å². The smallest absolute Gasteiger partial charge is 0.340 e. The number of carbonyl (C=O) groups excluding carboxylic acids is 2. The van der Waals surface area contributed by atoms with Gasteiger partial charge in [0.05, 0.1) is 0 Å². The van der Waals surface area contributed by atoms with Gasteiger partial charge in [-0.15, -0.1) is 0 Å². The summed E-state index contributed by atoms with van der Waals surface area (Å²) in [5, 5.41) is 4.64. The van der Waals surface area contributed by atoms with Crippen molar-refractivity contribution in [1.29, 1.82) is 0 Å². The van der Waals surface area contributed by atoms with Gasteiger partial charge in [-0.3, -0.25) is 9.51 Å². The molecule has 1 aromatic rings. The normalized spacial score (nSPS) is 9.37. The van der Waals surface area contributed by atoms with Crippen LogP contribution in [0.1, 0.15) is 0 Å². The van der Waals surface area contributed by atoms with E-state index in [-0.39, 0.29) is 0 Å². The van der Waals surface area contributed by atoms with Crippen molar-refractivity contribution < 1.29 is 19.1 Å². The highest BCUT2D eigenvalue weighted by molar-refractivity contribution is 6.61. The molecule has 0 aromatic heterocycles. The van der Waals surface area contributed by atoms with E-state index >= 15 is 0 Å². The van der Waals surface area contributed by atoms with Crippen LogP contribution in [0.4, 0.5) is 9.59 Å². The lowest BCUT2D eigenvalue weighted by atomic mass is 9.80. The van der Waals surface area contributed by atoms with E-state index in [2.05, 4.69) is 21.6 Å². The van der Waals surface area contributed by atoms with Crippen LogP contribution in [-0.2, 0) is 9.51 Å². The molecule has 0 aliphatic rings. The SMILES string of the molecule is CNC(=O)NOB(ONC(=O)NC)c1ccccc1. The van der Waals surface area contributed by atoms with E-state index in [4.69, 9.17) is 9.51 Å². The summed E-state index contributed by atoms with van der Waals surface area (Å²) in [5.74, 6) is 0. The molecule has 0 heterocycles. The monoisotopic (exact) mass is 266 g/mol. The number of hydrogen-bond donors (Lipinski definition) is 4. The minimum Gasteiger partial charge on any atom is -0.340 e. The molecule has 0 bridgehead atoms. The molecule has 0 spiro atoms. The molecule has 4 amide bonds. The summed E-state index contributed by atoms with van der Waals surface area (Å²) in [6, 6.07) is 7.74. The molecule has 1 rings (SSSR count). The number of carbonyl (C=O) groups is 2. The third kappa shape index (κ3) is 5.28. The summed E-state index contributed by atoms with van der Waals surface area (Å²) < 4.78 is 10.1. The maximum atomic E-state index is 11.0. The van der Waals surface area contributed by atoms with E-state index in [0.717, 1.165) is 0 Å². The standard InChI is InChI=1S/C10H15BN4O4/c1-12-9(16)14-18-11(19-15-10(17)13-2)8-6-4-3-5-7-8/h3-7H,1-2H3,(H2,12,14,16)(H2,13,15,17). The van der Waals surface area contributed by atoms with Gasteiger partial charge in [0, 0.05) is 14.1 Å². The fraction of sp³-hybridized carbons (Fsp3) is 0.200. The van der Waals surface area contributed by atoms with Gasteiger partial charge in [-0.05, 0) is 5.46 Å². The minimum atomic E-state index is -0.976. The lowest BCUT2D eigenvalue weighted by molar-refractivity contribution is 0.111. The fourth-order valence-electron chi connectivity index (χ4n) is 1.09. The summed E-state index contributed by atoms with van der Waals surface area (Å²) in [7, 11) is 1.91.